The molecule has 1 saturated heterocycles. The minimum atomic E-state index is -3.78. The smallest absolute Gasteiger partial charge is 0.387 e. The molecular weight excluding hydrogens is 454 g/mol. The highest BCUT2D eigenvalue weighted by Gasteiger charge is 2.55. The number of halogens is 1. The Morgan fingerprint density at radius 3 is 2.74 bits per heavy atom. The number of anilines is 1. The third kappa shape index (κ3) is 6.13. The van der Waals surface area contributed by atoms with Gasteiger partial charge in [0, 0.05) is 25.9 Å². The Balaban J connectivity index is 2.10. The number of nitrogens with zero attached hydrogens (tertiary/aromatic N) is 3. The summed E-state index contributed by atoms with van der Waals surface area (Å²) in [5.41, 5.74) is -3.11. The fourth-order valence-corrected chi connectivity index (χ4v) is 4.63. The van der Waals surface area contributed by atoms with Gasteiger partial charge in [0.1, 0.15) is 18.0 Å². The van der Waals surface area contributed by atoms with Gasteiger partial charge >= 0.3 is 13.4 Å². The molecule has 31 heavy (non-hydrogen) atoms. The number of aliphatic hydroxyl groups is 1. The van der Waals surface area contributed by atoms with Crippen LogP contribution in [0.2, 0.25) is 0 Å². The van der Waals surface area contributed by atoms with Crippen molar-refractivity contribution in [3.05, 3.63) is 22.7 Å². The lowest BCUT2D eigenvalue weighted by Crippen LogP contribution is -2.43. The summed E-state index contributed by atoms with van der Waals surface area (Å²) >= 11 is 1.01. The van der Waals surface area contributed by atoms with Gasteiger partial charge in [-0.2, -0.15) is 4.98 Å². The van der Waals surface area contributed by atoms with E-state index in [1.165, 1.54) is 38.0 Å². The molecule has 1 aliphatic rings. The van der Waals surface area contributed by atoms with E-state index in [1.54, 1.807) is 7.05 Å². The minimum Gasteiger partial charge on any atom is -0.387 e. The van der Waals surface area contributed by atoms with E-state index < -0.39 is 44.1 Å². The Hall–Kier alpha value is -1.34. The topological polar surface area (TPSA) is 132 Å². The Labute approximate surface area is 183 Å². The summed E-state index contributed by atoms with van der Waals surface area (Å²) in [7, 11) is 0.751. The fourth-order valence-electron chi connectivity index (χ4n) is 2.85. The molecule has 2 N–H and O–H groups in total. The molecule has 1 fully saturated rings. The molecule has 1 aromatic rings. The van der Waals surface area contributed by atoms with Crippen molar-refractivity contribution in [2.75, 3.05) is 45.4 Å². The van der Waals surface area contributed by atoms with E-state index in [4.69, 9.17) is 13.8 Å². The van der Waals surface area contributed by atoms with Crippen LogP contribution in [0.3, 0.4) is 0 Å². The maximum Gasteiger partial charge on any atom is 0.407 e. The van der Waals surface area contributed by atoms with E-state index in [1.807, 2.05) is 0 Å². The van der Waals surface area contributed by atoms with Crippen LogP contribution in [0.4, 0.5) is 10.2 Å². The third-order valence-electron chi connectivity index (χ3n) is 4.59. The van der Waals surface area contributed by atoms with Gasteiger partial charge in [-0.1, -0.05) is 11.8 Å². The summed E-state index contributed by atoms with van der Waals surface area (Å²) in [5.74, 6) is 0.578. The highest BCUT2D eigenvalue weighted by molar-refractivity contribution is 8.13. The lowest BCUT2D eigenvalue weighted by molar-refractivity contribution is -0.109. The van der Waals surface area contributed by atoms with Gasteiger partial charge in [0.25, 0.3) is 0 Å². The van der Waals surface area contributed by atoms with E-state index in [0.29, 0.717) is 5.82 Å². The Morgan fingerprint density at radius 2 is 2.19 bits per heavy atom. The zero-order valence-corrected chi connectivity index (χ0v) is 19.7. The monoisotopic (exact) mass is 482 g/mol. The Bertz CT molecular complexity index is 884. The molecule has 0 amide bonds. The summed E-state index contributed by atoms with van der Waals surface area (Å²) in [6, 6.07) is 1.46. The van der Waals surface area contributed by atoms with E-state index in [-0.39, 0.29) is 17.5 Å². The number of ether oxygens (including phenoxy) is 1. The van der Waals surface area contributed by atoms with Crippen LogP contribution in [0.5, 0.6) is 0 Å². The Morgan fingerprint density at radius 1 is 1.52 bits per heavy atom. The lowest BCUT2D eigenvalue weighted by atomic mass is 9.98. The first-order valence-electron chi connectivity index (χ1n) is 9.42. The number of rotatable bonds is 10. The molecule has 176 valence electrons. The van der Waals surface area contributed by atoms with Crippen LogP contribution in [0.15, 0.2) is 17.1 Å². The van der Waals surface area contributed by atoms with Gasteiger partial charge in [0.2, 0.25) is 0 Å². The van der Waals surface area contributed by atoms with Crippen molar-refractivity contribution in [3.8, 4) is 0 Å². The molecule has 0 aromatic carbocycles. The SMILES string of the molecule is CNc1ccn([C@@H]2O[C@H](COP(=O)(OCCSC(C)=O)N(C)C)C(O)[C@]2(C)F)c(=O)n1. The molecular formula is C17H28FN4O7PS. The van der Waals surface area contributed by atoms with Gasteiger partial charge in [-0.3, -0.25) is 18.4 Å². The van der Waals surface area contributed by atoms with Crippen LogP contribution in [0.25, 0.3) is 0 Å². The third-order valence-corrected chi connectivity index (χ3v) is 7.33. The highest BCUT2D eigenvalue weighted by atomic mass is 32.2. The van der Waals surface area contributed by atoms with Crippen molar-refractivity contribution in [3.63, 3.8) is 0 Å². The molecule has 2 rings (SSSR count). The molecule has 2 heterocycles. The second kappa shape index (κ2) is 10.5. The van der Waals surface area contributed by atoms with Crippen molar-refractivity contribution < 1.29 is 32.6 Å². The molecule has 0 radical (unpaired) electrons. The molecule has 11 nitrogen and oxygen atoms in total. The normalized spacial score (nSPS) is 27.9. The number of hydrogen-bond acceptors (Lipinski definition) is 10. The molecule has 14 heteroatoms. The minimum absolute atomic E-state index is 0.0177. The van der Waals surface area contributed by atoms with Crippen LogP contribution in [0.1, 0.15) is 20.1 Å². The highest BCUT2D eigenvalue weighted by Crippen LogP contribution is 2.51. The summed E-state index contributed by atoms with van der Waals surface area (Å²) in [4.78, 5) is 27.0. The van der Waals surface area contributed by atoms with Crippen molar-refractivity contribution in [1.82, 2.24) is 14.2 Å². The van der Waals surface area contributed by atoms with Crippen molar-refractivity contribution in [2.45, 2.75) is 38.0 Å². The second-order valence-corrected chi connectivity index (χ2v) is 10.7. The number of thioether (sulfide) groups is 1. The van der Waals surface area contributed by atoms with Crippen LogP contribution in [-0.4, -0.2) is 82.4 Å². The molecule has 0 saturated carbocycles. The quantitative estimate of drug-likeness (QED) is 0.369. The van der Waals surface area contributed by atoms with Gasteiger partial charge in [-0.15, -0.1) is 0 Å². The summed E-state index contributed by atoms with van der Waals surface area (Å²) in [6.07, 6.45) is -3.05. The Kier molecular flexibility index (Phi) is 8.79. The molecule has 1 aromatic heterocycles. The van der Waals surface area contributed by atoms with E-state index in [9.17, 15) is 19.3 Å². The number of aliphatic hydroxyl groups excluding tert-OH is 1. The molecule has 0 spiro atoms. The second-order valence-electron chi connectivity index (χ2n) is 7.16. The standard InChI is InChI=1S/C17H28FN4O7PS/c1-11(23)31-9-8-27-30(26,21(4)5)28-10-12-14(24)17(2,18)15(29-12)22-7-6-13(19-3)20-16(22)25/h6-7,12,14-15,24H,8-10H2,1-5H3,(H,19,20,25)/t12-,14?,15-,17+,30?/m1/s1. The summed E-state index contributed by atoms with van der Waals surface area (Å²) < 4.78 is 46.7. The number of hydrogen-bond donors (Lipinski definition) is 2. The van der Waals surface area contributed by atoms with Crippen molar-refractivity contribution in [1.29, 1.82) is 0 Å². The molecule has 5 atom stereocenters. The molecule has 0 aliphatic carbocycles. The maximum absolute atomic E-state index is 15.3. The molecule has 2 unspecified atom stereocenters. The zero-order chi connectivity index (χ0) is 23.4. The maximum atomic E-state index is 15.3. The lowest BCUT2D eigenvalue weighted by Gasteiger charge is -2.26. The van der Waals surface area contributed by atoms with E-state index in [2.05, 4.69) is 10.3 Å². The number of carbonyl (C=O) groups is 1. The first-order valence-corrected chi connectivity index (χ1v) is 11.9. The number of carbonyl (C=O) groups excluding carboxylic acids is 1. The van der Waals surface area contributed by atoms with Gasteiger partial charge in [-0.05, 0) is 27.1 Å². The molecule has 0 bridgehead atoms. The van der Waals surface area contributed by atoms with Gasteiger partial charge in [0.15, 0.2) is 17.0 Å². The van der Waals surface area contributed by atoms with Crippen molar-refractivity contribution >= 4 is 30.4 Å². The first kappa shape index (κ1) is 25.9. The predicted octanol–water partition coefficient (Wildman–Crippen LogP) is 1.25. The largest absolute Gasteiger partial charge is 0.407 e. The van der Waals surface area contributed by atoms with Crippen LogP contribution in [0, 0.1) is 0 Å². The predicted molar refractivity (Wildman–Crippen MR) is 114 cm³/mol. The van der Waals surface area contributed by atoms with Gasteiger partial charge in [0.05, 0.1) is 13.2 Å². The first-order chi connectivity index (χ1) is 14.4. The number of aromatic nitrogens is 2. The van der Waals surface area contributed by atoms with Crippen LogP contribution in [-0.2, 0) is 23.1 Å². The van der Waals surface area contributed by atoms with Crippen LogP contribution >= 0.6 is 19.5 Å². The molecule has 1 aliphatic heterocycles. The number of alkyl halides is 1. The average molecular weight is 482 g/mol. The van der Waals surface area contributed by atoms with Crippen molar-refractivity contribution in [2.24, 2.45) is 0 Å². The summed E-state index contributed by atoms with van der Waals surface area (Å²) in [5, 5.41) is 13.0. The van der Waals surface area contributed by atoms with Gasteiger partial charge in [-0.25, -0.2) is 18.4 Å². The average Bonchev–Trinajstić information content (AvgIpc) is 2.92. The van der Waals surface area contributed by atoms with Crippen LogP contribution < -0.4 is 11.0 Å². The van der Waals surface area contributed by atoms with E-state index in [0.717, 1.165) is 23.3 Å². The van der Waals surface area contributed by atoms with E-state index >= 15 is 4.39 Å². The zero-order valence-electron chi connectivity index (χ0n) is 18.0. The summed E-state index contributed by atoms with van der Waals surface area (Å²) in [6.45, 7) is 2.03. The number of nitrogens with one attached hydrogen (secondary N) is 1. The fraction of sp³-hybridized carbons (Fsp3) is 0.706. The van der Waals surface area contributed by atoms with Gasteiger partial charge < -0.3 is 15.2 Å².